The first-order valence-electron chi connectivity index (χ1n) is 8.25. The second-order valence-electron chi connectivity index (χ2n) is 5.99. The third kappa shape index (κ3) is 3.60. The highest BCUT2D eigenvalue weighted by Crippen LogP contribution is 2.26. The van der Waals surface area contributed by atoms with E-state index in [0.29, 0.717) is 18.0 Å². The Bertz CT molecular complexity index is 962. The number of aromatic nitrogens is 3. The van der Waals surface area contributed by atoms with E-state index in [9.17, 15) is 14.7 Å². The van der Waals surface area contributed by atoms with Crippen molar-refractivity contribution in [3.63, 3.8) is 0 Å². The summed E-state index contributed by atoms with van der Waals surface area (Å²) in [5, 5.41) is 19.4. The van der Waals surface area contributed by atoms with Gasteiger partial charge in [0.1, 0.15) is 0 Å². The molecule has 0 radical (unpaired) electrons. The summed E-state index contributed by atoms with van der Waals surface area (Å²) in [5.41, 5.74) is 2.72. The smallest absolute Gasteiger partial charge is 0.225 e. The fourth-order valence-corrected chi connectivity index (χ4v) is 2.78. The molecule has 0 saturated carbocycles. The third-order valence-electron chi connectivity index (χ3n) is 4.01. The Labute approximate surface area is 144 Å². The molecule has 0 aliphatic rings. The number of nitrogens with one attached hydrogen (secondary N) is 1. The number of benzene rings is 1. The van der Waals surface area contributed by atoms with E-state index in [4.69, 9.17) is 0 Å². The number of hydrogen-bond donors (Lipinski definition) is 1. The molecule has 2 heterocycles. The normalized spacial score (nSPS) is 11.1. The van der Waals surface area contributed by atoms with Crippen molar-refractivity contribution >= 4 is 39.6 Å². The molecule has 0 aliphatic carbocycles. The van der Waals surface area contributed by atoms with Crippen molar-refractivity contribution in [3.8, 4) is 0 Å². The molecule has 0 aliphatic heterocycles. The van der Waals surface area contributed by atoms with E-state index in [0.717, 1.165) is 21.9 Å². The van der Waals surface area contributed by atoms with E-state index in [1.54, 1.807) is 4.68 Å². The predicted octanol–water partition coefficient (Wildman–Crippen LogP) is 1.77. The average molecular weight is 339 g/mol. The van der Waals surface area contributed by atoms with Crippen molar-refractivity contribution in [1.29, 1.82) is 0 Å². The van der Waals surface area contributed by atoms with Gasteiger partial charge in [-0.2, -0.15) is 5.10 Å². The lowest BCUT2D eigenvalue weighted by Crippen LogP contribution is -2.22. The van der Waals surface area contributed by atoms with Gasteiger partial charge in [-0.1, -0.05) is 11.6 Å². The Balaban J connectivity index is 1.94. The number of fused-ring (bicyclic) bond motifs is 2. The van der Waals surface area contributed by atoms with Crippen LogP contribution >= 0.6 is 0 Å². The first-order chi connectivity index (χ1) is 12.0. The predicted molar refractivity (Wildman–Crippen MR) is 92.9 cm³/mol. The maximum absolute atomic E-state index is 12.1. The van der Waals surface area contributed by atoms with Gasteiger partial charge in [-0.25, -0.2) is 9.67 Å². The molecule has 0 unspecified atom stereocenters. The minimum absolute atomic E-state index is 0.106. The topological polar surface area (TPSA) is 99.9 Å². The van der Waals surface area contributed by atoms with E-state index < -0.39 is 5.97 Å². The van der Waals surface area contributed by atoms with Gasteiger partial charge in [-0.05, 0) is 44.9 Å². The van der Waals surface area contributed by atoms with Gasteiger partial charge < -0.3 is 15.2 Å². The van der Waals surface area contributed by atoms with Crippen LogP contribution in [0.4, 0.5) is 5.82 Å². The number of anilines is 1. The molecule has 7 heteroatoms. The molecule has 0 bridgehead atoms. The molecule has 1 amide bonds. The fraction of sp³-hybridized carbons (Fsp3) is 0.333. The molecule has 3 aromatic rings. The van der Waals surface area contributed by atoms with E-state index in [1.807, 2.05) is 38.1 Å². The molecule has 130 valence electrons. The summed E-state index contributed by atoms with van der Waals surface area (Å²) in [4.78, 5) is 27.2. The van der Waals surface area contributed by atoms with Crippen LogP contribution in [0.1, 0.15) is 31.7 Å². The zero-order chi connectivity index (χ0) is 18.0. The van der Waals surface area contributed by atoms with Gasteiger partial charge in [-0.3, -0.25) is 4.79 Å². The molecule has 1 N–H and O–H groups in total. The molecule has 2 aromatic heterocycles. The van der Waals surface area contributed by atoms with E-state index in [2.05, 4.69) is 15.4 Å². The average Bonchev–Trinajstić information content (AvgIpc) is 2.89. The fourth-order valence-electron chi connectivity index (χ4n) is 2.78. The number of carboxylic acid groups (broad SMARTS) is 1. The zero-order valence-electron chi connectivity index (χ0n) is 14.2. The number of pyridine rings is 1. The molecule has 0 fully saturated rings. The number of carboxylic acids is 1. The Morgan fingerprint density at radius 1 is 1.24 bits per heavy atom. The van der Waals surface area contributed by atoms with Gasteiger partial charge in [0.15, 0.2) is 11.5 Å². The minimum atomic E-state index is -1.15. The lowest BCUT2D eigenvalue weighted by Gasteiger charge is -2.04. The first kappa shape index (κ1) is 16.9. The summed E-state index contributed by atoms with van der Waals surface area (Å²) in [6.07, 6.45) is 0.207. The molecule has 0 spiro atoms. The van der Waals surface area contributed by atoms with Gasteiger partial charge in [0.2, 0.25) is 5.91 Å². The number of carbonyl (C=O) groups is 2. The summed E-state index contributed by atoms with van der Waals surface area (Å²) in [6.45, 7) is 4.60. The number of nitrogens with zero attached hydrogens (tertiary/aromatic N) is 3. The van der Waals surface area contributed by atoms with Crippen LogP contribution < -0.4 is 10.4 Å². The number of aliphatic carboxylic acids is 1. The summed E-state index contributed by atoms with van der Waals surface area (Å²) in [6, 6.07) is 7.99. The van der Waals surface area contributed by atoms with Crippen molar-refractivity contribution < 1.29 is 14.7 Å². The highest BCUT2D eigenvalue weighted by Gasteiger charge is 2.14. The van der Waals surface area contributed by atoms with Gasteiger partial charge in [0, 0.05) is 24.3 Å². The summed E-state index contributed by atoms with van der Waals surface area (Å²) >= 11 is 0. The number of aryl methyl sites for hydroxylation is 2. The quantitative estimate of drug-likeness (QED) is 0.738. The highest BCUT2D eigenvalue weighted by atomic mass is 16.4. The van der Waals surface area contributed by atoms with Crippen LogP contribution in [0.25, 0.3) is 21.9 Å². The maximum atomic E-state index is 12.1. The standard InChI is InChI=1S/C18H20N4O3/c1-3-22-18-13(10-12-9-11(2)7-8-14(12)19-18)17(21-22)20-15(23)5-4-6-16(24)25/h7-10H,3-6H2,1-2H3,(H,24,25)(H,20,21,23)/p-1. The third-order valence-corrected chi connectivity index (χ3v) is 4.01. The first-order valence-corrected chi connectivity index (χ1v) is 8.25. The molecule has 1 aromatic carbocycles. The van der Waals surface area contributed by atoms with Crippen molar-refractivity contribution in [3.05, 3.63) is 29.8 Å². The van der Waals surface area contributed by atoms with Crippen LogP contribution in [0.2, 0.25) is 0 Å². The van der Waals surface area contributed by atoms with Crippen LogP contribution in [0.3, 0.4) is 0 Å². The molecule has 0 saturated heterocycles. The van der Waals surface area contributed by atoms with E-state index in [-0.39, 0.29) is 25.2 Å². The van der Waals surface area contributed by atoms with Crippen LogP contribution in [0, 0.1) is 6.92 Å². The zero-order valence-corrected chi connectivity index (χ0v) is 14.2. The maximum Gasteiger partial charge on any atom is 0.225 e. The van der Waals surface area contributed by atoms with E-state index >= 15 is 0 Å². The minimum Gasteiger partial charge on any atom is -0.550 e. The Hall–Kier alpha value is -2.96. The van der Waals surface area contributed by atoms with Crippen molar-refractivity contribution in [2.75, 3.05) is 5.32 Å². The van der Waals surface area contributed by atoms with Crippen LogP contribution in [0.15, 0.2) is 24.3 Å². The van der Waals surface area contributed by atoms with Crippen LogP contribution in [-0.4, -0.2) is 26.6 Å². The number of rotatable bonds is 6. The largest absolute Gasteiger partial charge is 0.550 e. The molecule has 25 heavy (non-hydrogen) atoms. The second-order valence-corrected chi connectivity index (χ2v) is 5.99. The number of hydrogen-bond acceptors (Lipinski definition) is 5. The molecular weight excluding hydrogens is 320 g/mol. The summed E-state index contributed by atoms with van der Waals surface area (Å²) in [7, 11) is 0. The summed E-state index contributed by atoms with van der Waals surface area (Å²) < 4.78 is 1.74. The van der Waals surface area contributed by atoms with Gasteiger partial charge >= 0.3 is 0 Å². The lowest BCUT2D eigenvalue weighted by atomic mass is 10.1. The van der Waals surface area contributed by atoms with Crippen molar-refractivity contribution in [2.45, 2.75) is 39.7 Å². The Morgan fingerprint density at radius 2 is 2.04 bits per heavy atom. The monoisotopic (exact) mass is 339 g/mol. The number of carbonyl (C=O) groups excluding carboxylic acids is 2. The molecule has 7 nitrogen and oxygen atoms in total. The van der Waals surface area contributed by atoms with Crippen LogP contribution in [0.5, 0.6) is 0 Å². The van der Waals surface area contributed by atoms with Crippen molar-refractivity contribution in [1.82, 2.24) is 14.8 Å². The Morgan fingerprint density at radius 3 is 2.76 bits per heavy atom. The molecular formula is C18H19N4O3-. The molecule has 0 atom stereocenters. The SMILES string of the molecule is CCn1nc(NC(=O)CCCC(=O)[O-])c2cc3cc(C)ccc3nc21. The van der Waals surface area contributed by atoms with E-state index in [1.165, 1.54) is 0 Å². The Kier molecular flexibility index (Phi) is 4.65. The van der Waals surface area contributed by atoms with Crippen LogP contribution in [-0.2, 0) is 16.1 Å². The second kappa shape index (κ2) is 6.88. The highest BCUT2D eigenvalue weighted by molar-refractivity contribution is 6.02. The summed E-state index contributed by atoms with van der Waals surface area (Å²) in [5.74, 6) is -0.973. The van der Waals surface area contributed by atoms with Gasteiger partial charge in [0.05, 0.1) is 10.9 Å². The number of amides is 1. The van der Waals surface area contributed by atoms with Gasteiger partial charge in [-0.15, -0.1) is 0 Å². The molecule has 3 rings (SSSR count). The van der Waals surface area contributed by atoms with Crippen molar-refractivity contribution in [2.24, 2.45) is 0 Å². The van der Waals surface area contributed by atoms with Gasteiger partial charge in [0.25, 0.3) is 0 Å². The lowest BCUT2D eigenvalue weighted by molar-refractivity contribution is -0.305.